The Bertz CT molecular complexity index is 921. The normalized spacial score (nSPS) is 17.5. The Morgan fingerprint density at radius 1 is 1.33 bits per heavy atom. The zero-order chi connectivity index (χ0) is 21.5. The van der Waals surface area contributed by atoms with Crippen LogP contribution in [0.1, 0.15) is 30.3 Å². The smallest absolute Gasteiger partial charge is 0.268 e. The minimum Gasteiger partial charge on any atom is -0.394 e. The molecule has 2 heterocycles. The molecule has 2 aromatic heterocycles. The standard InChI is InChI=1S/C22H27ClN4O3/c1-2-16(12-28)26-21-9-17(18(23)11-25-21)15-8-19(24-10-15)22(30)27-20(13-29)14-6-4-3-5-7-14/h3-6,8-11,14,16,20,24,28-29H,2,7,12-13H2,1H3,(H,25,26)(H,27,30)/t14?,16-,20+/m0/s1. The minimum absolute atomic E-state index is 0.00259. The Hall–Kier alpha value is -2.61. The molecule has 0 aromatic carbocycles. The van der Waals surface area contributed by atoms with Crippen LogP contribution in [0, 0.1) is 5.92 Å². The number of hydrogen-bond acceptors (Lipinski definition) is 5. The molecule has 0 bridgehead atoms. The molecule has 8 heteroatoms. The van der Waals surface area contributed by atoms with Gasteiger partial charge in [-0.3, -0.25) is 4.79 Å². The number of nitrogens with zero attached hydrogens (tertiary/aromatic N) is 1. The predicted molar refractivity (Wildman–Crippen MR) is 119 cm³/mol. The summed E-state index contributed by atoms with van der Waals surface area (Å²) in [5.74, 6) is 0.359. The maximum atomic E-state index is 12.7. The van der Waals surface area contributed by atoms with E-state index in [0.29, 0.717) is 16.5 Å². The third-order valence-electron chi connectivity index (χ3n) is 5.20. The van der Waals surface area contributed by atoms with E-state index >= 15 is 0 Å². The van der Waals surface area contributed by atoms with Gasteiger partial charge in [-0.25, -0.2) is 4.98 Å². The van der Waals surface area contributed by atoms with Crippen LogP contribution in [0.5, 0.6) is 0 Å². The van der Waals surface area contributed by atoms with Crippen molar-refractivity contribution >= 4 is 23.3 Å². The second kappa shape index (κ2) is 10.4. The molecule has 0 fully saturated rings. The molecular weight excluding hydrogens is 404 g/mol. The van der Waals surface area contributed by atoms with E-state index in [1.54, 1.807) is 24.5 Å². The van der Waals surface area contributed by atoms with Gasteiger partial charge < -0.3 is 25.8 Å². The molecule has 3 rings (SSSR count). The van der Waals surface area contributed by atoms with Crippen LogP contribution in [-0.4, -0.2) is 51.4 Å². The van der Waals surface area contributed by atoms with Gasteiger partial charge in [-0.1, -0.05) is 42.8 Å². The number of allylic oxidation sites excluding steroid dienone is 3. The highest BCUT2D eigenvalue weighted by molar-refractivity contribution is 6.33. The molecule has 3 atom stereocenters. The largest absolute Gasteiger partial charge is 0.394 e. The molecule has 0 saturated carbocycles. The van der Waals surface area contributed by atoms with Crippen LogP contribution in [-0.2, 0) is 0 Å². The molecule has 0 radical (unpaired) electrons. The van der Waals surface area contributed by atoms with Gasteiger partial charge in [0.2, 0.25) is 0 Å². The van der Waals surface area contributed by atoms with Crippen molar-refractivity contribution in [2.24, 2.45) is 5.92 Å². The number of amides is 1. The monoisotopic (exact) mass is 430 g/mol. The number of pyridine rings is 1. The van der Waals surface area contributed by atoms with Crippen molar-refractivity contribution in [3.05, 3.63) is 59.5 Å². The summed E-state index contributed by atoms with van der Waals surface area (Å²) in [6.07, 6.45) is 12.7. The number of aliphatic hydroxyl groups is 2. The lowest BCUT2D eigenvalue weighted by atomic mass is 9.93. The molecule has 5 N–H and O–H groups in total. The number of halogens is 1. The van der Waals surface area contributed by atoms with E-state index in [4.69, 9.17) is 11.6 Å². The van der Waals surface area contributed by atoms with Crippen molar-refractivity contribution in [2.75, 3.05) is 18.5 Å². The Morgan fingerprint density at radius 3 is 2.83 bits per heavy atom. The van der Waals surface area contributed by atoms with Gasteiger partial charge in [0.1, 0.15) is 11.5 Å². The van der Waals surface area contributed by atoms with Crippen LogP contribution in [0.4, 0.5) is 5.82 Å². The van der Waals surface area contributed by atoms with Crippen LogP contribution in [0.25, 0.3) is 11.1 Å². The van der Waals surface area contributed by atoms with Gasteiger partial charge in [0, 0.05) is 29.4 Å². The Labute approximate surface area is 180 Å². The Kier molecular flexibility index (Phi) is 7.68. The number of aromatic nitrogens is 2. The van der Waals surface area contributed by atoms with Crippen LogP contribution in [0.2, 0.25) is 5.02 Å². The van der Waals surface area contributed by atoms with E-state index in [2.05, 4.69) is 20.6 Å². The first kappa shape index (κ1) is 22.1. The van der Waals surface area contributed by atoms with Gasteiger partial charge in [-0.2, -0.15) is 0 Å². The lowest BCUT2D eigenvalue weighted by Crippen LogP contribution is -2.42. The van der Waals surface area contributed by atoms with Crippen LogP contribution in [0.15, 0.2) is 48.8 Å². The quantitative estimate of drug-likeness (QED) is 0.419. The van der Waals surface area contributed by atoms with Crippen LogP contribution < -0.4 is 10.6 Å². The van der Waals surface area contributed by atoms with E-state index in [9.17, 15) is 15.0 Å². The first-order valence-corrected chi connectivity index (χ1v) is 10.4. The predicted octanol–water partition coefficient (Wildman–Crippen LogP) is 3.14. The molecular formula is C22H27ClN4O3. The molecule has 7 nitrogen and oxygen atoms in total. The number of anilines is 1. The summed E-state index contributed by atoms with van der Waals surface area (Å²) in [7, 11) is 0. The van der Waals surface area contributed by atoms with Crippen molar-refractivity contribution < 1.29 is 15.0 Å². The number of H-pyrrole nitrogens is 1. The van der Waals surface area contributed by atoms with Gasteiger partial charge in [0.25, 0.3) is 5.91 Å². The van der Waals surface area contributed by atoms with Gasteiger partial charge in [-0.05, 0) is 25.0 Å². The molecule has 0 saturated heterocycles. The van der Waals surface area contributed by atoms with E-state index in [-0.39, 0.29) is 37.1 Å². The van der Waals surface area contributed by atoms with Crippen molar-refractivity contribution in [1.29, 1.82) is 0 Å². The molecule has 0 aliphatic heterocycles. The number of aliphatic hydroxyl groups excluding tert-OH is 2. The first-order valence-electron chi connectivity index (χ1n) is 10.0. The summed E-state index contributed by atoms with van der Waals surface area (Å²) in [5, 5.41) is 25.6. The number of carbonyl (C=O) groups excluding carboxylic acids is 1. The third kappa shape index (κ3) is 5.30. The van der Waals surface area contributed by atoms with Crippen molar-refractivity contribution in [3.63, 3.8) is 0 Å². The number of carbonyl (C=O) groups is 1. The molecule has 1 unspecified atom stereocenters. The average Bonchev–Trinajstić information content (AvgIpc) is 3.27. The molecule has 1 aliphatic rings. The molecule has 1 aliphatic carbocycles. The van der Waals surface area contributed by atoms with E-state index in [1.807, 2.05) is 31.2 Å². The molecule has 30 heavy (non-hydrogen) atoms. The summed E-state index contributed by atoms with van der Waals surface area (Å²) >= 11 is 6.33. The van der Waals surface area contributed by atoms with Gasteiger partial charge >= 0.3 is 0 Å². The Balaban J connectivity index is 1.74. The van der Waals surface area contributed by atoms with E-state index in [0.717, 1.165) is 24.0 Å². The second-order valence-corrected chi connectivity index (χ2v) is 7.67. The number of aromatic amines is 1. The molecule has 0 spiro atoms. The fraction of sp³-hybridized carbons (Fsp3) is 0.364. The van der Waals surface area contributed by atoms with E-state index < -0.39 is 0 Å². The zero-order valence-corrected chi connectivity index (χ0v) is 17.6. The zero-order valence-electron chi connectivity index (χ0n) is 16.8. The molecule has 160 valence electrons. The van der Waals surface area contributed by atoms with Crippen molar-refractivity contribution in [1.82, 2.24) is 15.3 Å². The second-order valence-electron chi connectivity index (χ2n) is 7.26. The fourth-order valence-electron chi connectivity index (χ4n) is 3.34. The SMILES string of the molecule is CC[C@@H](CO)Nc1cc(-c2c[nH]c(C(=O)N[C@H](CO)C3C=CC=CC3)c2)c(Cl)cn1. The lowest BCUT2D eigenvalue weighted by Gasteiger charge is -2.24. The van der Waals surface area contributed by atoms with E-state index in [1.165, 1.54) is 0 Å². The van der Waals surface area contributed by atoms with Crippen molar-refractivity contribution in [3.8, 4) is 11.1 Å². The summed E-state index contributed by atoms with van der Waals surface area (Å²) in [6, 6.07) is 3.05. The summed E-state index contributed by atoms with van der Waals surface area (Å²) in [6.45, 7) is 1.83. The number of nitrogens with one attached hydrogen (secondary N) is 3. The van der Waals surface area contributed by atoms with Gasteiger partial charge in [0.05, 0.1) is 30.3 Å². The summed E-state index contributed by atoms with van der Waals surface area (Å²) in [5.41, 5.74) is 1.84. The van der Waals surface area contributed by atoms with Crippen LogP contribution in [0.3, 0.4) is 0 Å². The highest BCUT2D eigenvalue weighted by Crippen LogP contribution is 2.30. The maximum absolute atomic E-state index is 12.7. The molecule has 2 aromatic rings. The summed E-state index contributed by atoms with van der Waals surface area (Å²) < 4.78 is 0. The van der Waals surface area contributed by atoms with Gasteiger partial charge in [0.15, 0.2) is 0 Å². The first-order chi connectivity index (χ1) is 14.5. The lowest BCUT2D eigenvalue weighted by molar-refractivity contribution is 0.0895. The number of rotatable bonds is 9. The highest BCUT2D eigenvalue weighted by atomic mass is 35.5. The highest BCUT2D eigenvalue weighted by Gasteiger charge is 2.22. The summed E-state index contributed by atoms with van der Waals surface area (Å²) in [4.78, 5) is 19.9. The topological polar surface area (TPSA) is 110 Å². The van der Waals surface area contributed by atoms with Crippen molar-refractivity contribution in [2.45, 2.75) is 31.8 Å². The van der Waals surface area contributed by atoms with Gasteiger partial charge in [-0.15, -0.1) is 0 Å². The third-order valence-corrected chi connectivity index (χ3v) is 5.50. The van der Waals surface area contributed by atoms with Crippen LogP contribution >= 0.6 is 11.6 Å². The minimum atomic E-state index is -0.366. The fourth-order valence-corrected chi connectivity index (χ4v) is 3.55. The number of hydrogen-bond donors (Lipinski definition) is 5. The molecule has 1 amide bonds. The Morgan fingerprint density at radius 2 is 2.17 bits per heavy atom. The maximum Gasteiger partial charge on any atom is 0.268 e. The average molecular weight is 431 g/mol.